The van der Waals surface area contributed by atoms with Crippen LogP contribution in [0.1, 0.15) is 12.0 Å². The van der Waals surface area contributed by atoms with Gasteiger partial charge in [0.2, 0.25) is 11.8 Å². The van der Waals surface area contributed by atoms with E-state index < -0.39 is 0 Å². The first-order chi connectivity index (χ1) is 11.2. The number of nitrogens with zero attached hydrogens (tertiary/aromatic N) is 1. The van der Waals surface area contributed by atoms with E-state index in [4.69, 9.17) is 0 Å². The van der Waals surface area contributed by atoms with Gasteiger partial charge in [0.15, 0.2) is 0 Å². The van der Waals surface area contributed by atoms with Gasteiger partial charge >= 0.3 is 0 Å². The zero-order valence-electron chi connectivity index (χ0n) is 12.7. The molecular formula is C20H17NO2. The fraction of sp³-hybridized carbons (Fsp3) is 0.300. The summed E-state index contributed by atoms with van der Waals surface area (Å²) >= 11 is 0. The number of hydrogen-bond acceptors (Lipinski definition) is 2. The normalized spacial score (nSPS) is 31.4. The fourth-order valence-corrected chi connectivity index (χ4v) is 4.72. The monoisotopic (exact) mass is 303 g/mol. The molecule has 2 bridgehead atoms. The van der Waals surface area contributed by atoms with E-state index in [1.165, 1.54) is 4.90 Å². The molecule has 0 N–H and O–H groups in total. The Balaban J connectivity index is 1.51. The van der Waals surface area contributed by atoms with Crippen molar-refractivity contribution in [2.45, 2.75) is 13.0 Å². The fourth-order valence-electron chi connectivity index (χ4n) is 4.72. The van der Waals surface area contributed by atoms with Crippen molar-refractivity contribution in [1.29, 1.82) is 0 Å². The van der Waals surface area contributed by atoms with Gasteiger partial charge in [0, 0.05) is 0 Å². The molecule has 5 rings (SSSR count). The predicted molar refractivity (Wildman–Crippen MR) is 87.2 cm³/mol. The van der Waals surface area contributed by atoms with E-state index in [1.54, 1.807) is 0 Å². The summed E-state index contributed by atoms with van der Waals surface area (Å²) in [6, 6.07) is 14.2. The first-order valence-electron chi connectivity index (χ1n) is 8.24. The lowest BCUT2D eigenvalue weighted by molar-refractivity contribution is -0.141. The number of allylic oxidation sites excluding steroid dienone is 2. The molecule has 23 heavy (non-hydrogen) atoms. The lowest BCUT2D eigenvalue weighted by atomic mass is 9.85. The lowest BCUT2D eigenvalue weighted by Gasteiger charge is -2.18. The van der Waals surface area contributed by atoms with Gasteiger partial charge in [0.25, 0.3) is 0 Å². The first-order valence-corrected chi connectivity index (χ1v) is 8.24. The van der Waals surface area contributed by atoms with Crippen LogP contribution in [0.4, 0.5) is 0 Å². The molecule has 114 valence electrons. The summed E-state index contributed by atoms with van der Waals surface area (Å²) in [5.41, 5.74) is 1.05. The molecule has 4 atom stereocenters. The van der Waals surface area contributed by atoms with Crippen LogP contribution in [0.2, 0.25) is 0 Å². The Morgan fingerprint density at radius 1 is 0.870 bits per heavy atom. The quantitative estimate of drug-likeness (QED) is 0.631. The van der Waals surface area contributed by atoms with Crippen LogP contribution in [0.3, 0.4) is 0 Å². The number of likely N-dealkylation sites (tertiary alicyclic amines) is 1. The molecule has 0 radical (unpaired) electrons. The minimum atomic E-state index is -0.104. The molecule has 1 aliphatic heterocycles. The molecule has 3 nitrogen and oxygen atoms in total. The van der Waals surface area contributed by atoms with Crippen LogP contribution < -0.4 is 0 Å². The highest BCUT2D eigenvalue weighted by molar-refractivity contribution is 6.06. The Hall–Kier alpha value is -2.42. The number of hydrogen-bond donors (Lipinski definition) is 0. The van der Waals surface area contributed by atoms with Crippen LogP contribution in [-0.4, -0.2) is 16.7 Å². The second-order valence-electron chi connectivity index (χ2n) is 6.90. The van der Waals surface area contributed by atoms with Gasteiger partial charge in [-0.15, -0.1) is 0 Å². The summed E-state index contributed by atoms with van der Waals surface area (Å²) < 4.78 is 0. The number of carbonyl (C=O) groups is 2. The summed E-state index contributed by atoms with van der Waals surface area (Å²) in [6.07, 6.45) is 5.26. The Morgan fingerprint density at radius 3 is 2.26 bits per heavy atom. The maximum Gasteiger partial charge on any atom is 0.234 e. The van der Waals surface area contributed by atoms with E-state index in [0.717, 1.165) is 22.8 Å². The summed E-state index contributed by atoms with van der Waals surface area (Å²) in [5, 5.41) is 2.26. The van der Waals surface area contributed by atoms with Gasteiger partial charge in [0.1, 0.15) is 0 Å². The van der Waals surface area contributed by atoms with Crippen LogP contribution in [-0.2, 0) is 16.1 Å². The molecule has 2 amide bonds. The molecule has 2 aliphatic carbocycles. The maximum absolute atomic E-state index is 12.8. The zero-order chi connectivity index (χ0) is 15.6. The Morgan fingerprint density at radius 2 is 1.52 bits per heavy atom. The predicted octanol–water partition coefficient (Wildman–Crippen LogP) is 3.15. The number of rotatable bonds is 2. The molecule has 3 heteroatoms. The largest absolute Gasteiger partial charge is 0.278 e. The van der Waals surface area contributed by atoms with Gasteiger partial charge in [-0.3, -0.25) is 14.5 Å². The van der Waals surface area contributed by atoms with Crippen molar-refractivity contribution in [3.63, 3.8) is 0 Å². The van der Waals surface area contributed by atoms with Crippen LogP contribution >= 0.6 is 0 Å². The highest BCUT2D eigenvalue weighted by Crippen LogP contribution is 2.52. The van der Waals surface area contributed by atoms with E-state index in [1.807, 2.05) is 24.3 Å². The number of amides is 2. The van der Waals surface area contributed by atoms with Crippen LogP contribution in [0, 0.1) is 23.7 Å². The first kappa shape index (κ1) is 13.1. The molecule has 3 aliphatic rings. The van der Waals surface area contributed by atoms with Crippen molar-refractivity contribution in [3.05, 3.63) is 60.2 Å². The number of benzene rings is 2. The minimum absolute atomic E-state index is 0.0322. The molecular weight excluding hydrogens is 286 g/mol. The lowest BCUT2D eigenvalue weighted by Crippen LogP contribution is -2.32. The van der Waals surface area contributed by atoms with Crippen molar-refractivity contribution < 1.29 is 9.59 Å². The average molecular weight is 303 g/mol. The molecule has 2 aromatic rings. The molecule has 0 aromatic heterocycles. The molecule has 0 unspecified atom stereocenters. The van der Waals surface area contributed by atoms with E-state index in [9.17, 15) is 9.59 Å². The molecule has 2 aromatic carbocycles. The van der Waals surface area contributed by atoms with Gasteiger partial charge in [-0.25, -0.2) is 0 Å². The second kappa shape index (κ2) is 4.54. The van der Waals surface area contributed by atoms with E-state index in [0.29, 0.717) is 6.54 Å². The average Bonchev–Trinajstić information content (AvgIpc) is 3.25. The third-order valence-corrected chi connectivity index (χ3v) is 5.77. The molecule has 1 saturated carbocycles. The summed E-state index contributed by atoms with van der Waals surface area (Å²) in [6.45, 7) is 0.394. The van der Waals surface area contributed by atoms with Crippen LogP contribution in [0.15, 0.2) is 54.6 Å². The van der Waals surface area contributed by atoms with Crippen molar-refractivity contribution >= 4 is 22.6 Å². The van der Waals surface area contributed by atoms with E-state index >= 15 is 0 Å². The summed E-state index contributed by atoms with van der Waals surface area (Å²) in [7, 11) is 0. The molecule has 2 fully saturated rings. The summed E-state index contributed by atoms with van der Waals surface area (Å²) in [4.78, 5) is 27.1. The topological polar surface area (TPSA) is 37.4 Å². The third-order valence-electron chi connectivity index (χ3n) is 5.77. The standard InChI is InChI=1S/C20H17NO2/c22-19-17-13-8-9-14(10-13)18(17)20(23)21(19)11-15-6-3-5-12-4-1-2-7-16(12)15/h1-9,13-14,17-18H,10-11H2/t13-,14-,17+,18+/m1/s1. The van der Waals surface area contributed by atoms with Gasteiger partial charge in [-0.05, 0) is 34.6 Å². The van der Waals surface area contributed by atoms with Crippen molar-refractivity contribution in [2.24, 2.45) is 23.7 Å². The number of imide groups is 1. The Bertz CT molecular complexity index is 834. The van der Waals surface area contributed by atoms with Crippen LogP contribution in [0.5, 0.6) is 0 Å². The second-order valence-corrected chi connectivity index (χ2v) is 6.90. The SMILES string of the molecule is O=C1[C@@H]2[C@@H](C(=O)N1Cc1cccc3ccccc13)[C@@H]1C=C[C@@H]2C1. The Kier molecular flexibility index (Phi) is 2.58. The minimum Gasteiger partial charge on any atom is -0.278 e. The van der Waals surface area contributed by atoms with Crippen molar-refractivity contribution in [2.75, 3.05) is 0 Å². The van der Waals surface area contributed by atoms with E-state index in [2.05, 4.69) is 30.4 Å². The zero-order valence-corrected chi connectivity index (χ0v) is 12.7. The highest BCUT2D eigenvalue weighted by Gasteiger charge is 2.59. The van der Waals surface area contributed by atoms with Crippen molar-refractivity contribution in [3.8, 4) is 0 Å². The number of fused-ring (bicyclic) bond motifs is 6. The van der Waals surface area contributed by atoms with Gasteiger partial charge in [-0.1, -0.05) is 54.6 Å². The van der Waals surface area contributed by atoms with Crippen LogP contribution in [0.25, 0.3) is 10.8 Å². The van der Waals surface area contributed by atoms with E-state index in [-0.39, 0.29) is 35.5 Å². The molecule has 0 spiro atoms. The molecule has 1 heterocycles. The molecule has 1 saturated heterocycles. The smallest absolute Gasteiger partial charge is 0.234 e. The highest BCUT2D eigenvalue weighted by atomic mass is 16.2. The van der Waals surface area contributed by atoms with Gasteiger partial charge in [0.05, 0.1) is 18.4 Å². The summed E-state index contributed by atoms with van der Waals surface area (Å²) in [5.74, 6) is 0.410. The maximum atomic E-state index is 12.8. The van der Waals surface area contributed by atoms with Gasteiger partial charge < -0.3 is 0 Å². The Labute approximate surface area is 134 Å². The van der Waals surface area contributed by atoms with Crippen molar-refractivity contribution in [1.82, 2.24) is 4.90 Å². The van der Waals surface area contributed by atoms with Gasteiger partial charge in [-0.2, -0.15) is 0 Å². The third kappa shape index (κ3) is 1.70. The number of carbonyl (C=O) groups excluding carboxylic acids is 2.